The summed E-state index contributed by atoms with van der Waals surface area (Å²) >= 11 is 6.13. The number of rotatable bonds is 4. The standard InChI is InChI=1S/C20H21ClN6O/c1-12-4-5-16(7-17(12)21)24-20(28)15-9-26(10-15)18-8-19(23-11-22-18)27-14(3)6-13(2)25-27/h4-8,11,15H,9-10H2,1-3H3,(H,24,28). The maximum Gasteiger partial charge on any atom is 0.231 e. The quantitative estimate of drug-likeness (QED) is 0.732. The lowest BCUT2D eigenvalue weighted by Gasteiger charge is -2.39. The summed E-state index contributed by atoms with van der Waals surface area (Å²) in [4.78, 5) is 23.2. The van der Waals surface area contributed by atoms with Crippen LogP contribution in [0.2, 0.25) is 5.02 Å². The molecule has 0 radical (unpaired) electrons. The Balaban J connectivity index is 1.41. The molecule has 1 fully saturated rings. The smallest absolute Gasteiger partial charge is 0.231 e. The molecule has 28 heavy (non-hydrogen) atoms. The molecule has 1 N–H and O–H groups in total. The molecule has 0 bridgehead atoms. The van der Waals surface area contributed by atoms with E-state index in [1.807, 2.05) is 45.0 Å². The molecule has 0 unspecified atom stereocenters. The van der Waals surface area contributed by atoms with Gasteiger partial charge >= 0.3 is 0 Å². The minimum Gasteiger partial charge on any atom is -0.355 e. The van der Waals surface area contributed by atoms with Gasteiger partial charge in [0.25, 0.3) is 0 Å². The molecule has 1 aliphatic heterocycles. The van der Waals surface area contributed by atoms with E-state index in [2.05, 4.69) is 25.3 Å². The average Bonchev–Trinajstić information content (AvgIpc) is 2.95. The molecule has 3 heterocycles. The normalized spacial score (nSPS) is 14.1. The molecule has 0 atom stereocenters. The third-order valence-corrected chi connectivity index (χ3v) is 5.29. The van der Waals surface area contributed by atoms with Gasteiger partial charge in [0, 0.05) is 35.6 Å². The van der Waals surface area contributed by atoms with Crippen molar-refractivity contribution in [2.75, 3.05) is 23.3 Å². The molecular formula is C20H21ClN6O. The molecule has 144 valence electrons. The van der Waals surface area contributed by atoms with Crippen LogP contribution in [-0.2, 0) is 4.79 Å². The van der Waals surface area contributed by atoms with Crippen molar-refractivity contribution in [3.8, 4) is 5.82 Å². The Bertz CT molecular complexity index is 1040. The number of aromatic nitrogens is 4. The number of hydrogen-bond donors (Lipinski definition) is 1. The molecule has 1 saturated heterocycles. The predicted molar refractivity (Wildman–Crippen MR) is 109 cm³/mol. The van der Waals surface area contributed by atoms with E-state index in [9.17, 15) is 4.79 Å². The van der Waals surface area contributed by atoms with Gasteiger partial charge in [-0.05, 0) is 44.5 Å². The Morgan fingerprint density at radius 2 is 1.86 bits per heavy atom. The van der Waals surface area contributed by atoms with Crippen LogP contribution in [0, 0.1) is 26.7 Å². The molecule has 3 aromatic rings. The second-order valence-corrected chi connectivity index (χ2v) is 7.54. The highest BCUT2D eigenvalue weighted by molar-refractivity contribution is 6.31. The van der Waals surface area contributed by atoms with Crippen LogP contribution in [0.4, 0.5) is 11.5 Å². The number of amides is 1. The fraction of sp³-hybridized carbons (Fsp3) is 0.300. The van der Waals surface area contributed by atoms with Gasteiger partial charge in [-0.3, -0.25) is 4.79 Å². The SMILES string of the molecule is Cc1cc(C)n(-c2cc(N3CC(C(=O)Nc4ccc(C)c(Cl)c4)C3)ncn2)n1. The first-order chi connectivity index (χ1) is 13.4. The molecule has 4 rings (SSSR count). The second-order valence-electron chi connectivity index (χ2n) is 7.13. The zero-order valence-electron chi connectivity index (χ0n) is 16.0. The Morgan fingerprint density at radius 3 is 2.54 bits per heavy atom. The van der Waals surface area contributed by atoms with Crippen LogP contribution >= 0.6 is 11.6 Å². The van der Waals surface area contributed by atoms with Gasteiger partial charge in [-0.1, -0.05) is 17.7 Å². The first-order valence-electron chi connectivity index (χ1n) is 9.08. The maximum absolute atomic E-state index is 12.5. The lowest BCUT2D eigenvalue weighted by Crippen LogP contribution is -2.52. The van der Waals surface area contributed by atoms with Crippen molar-refractivity contribution in [2.24, 2.45) is 5.92 Å². The van der Waals surface area contributed by atoms with Crippen LogP contribution in [0.1, 0.15) is 17.0 Å². The number of nitrogens with one attached hydrogen (secondary N) is 1. The number of carbonyl (C=O) groups is 1. The molecule has 1 aromatic carbocycles. The minimum absolute atomic E-state index is 0.0102. The van der Waals surface area contributed by atoms with E-state index in [-0.39, 0.29) is 11.8 Å². The maximum atomic E-state index is 12.5. The largest absolute Gasteiger partial charge is 0.355 e. The summed E-state index contributed by atoms with van der Waals surface area (Å²) in [5.74, 6) is 1.41. The summed E-state index contributed by atoms with van der Waals surface area (Å²) in [6, 6.07) is 9.43. The van der Waals surface area contributed by atoms with E-state index >= 15 is 0 Å². The van der Waals surface area contributed by atoms with Crippen molar-refractivity contribution in [3.63, 3.8) is 0 Å². The third-order valence-electron chi connectivity index (χ3n) is 4.88. The van der Waals surface area contributed by atoms with Crippen molar-refractivity contribution in [1.29, 1.82) is 0 Å². The van der Waals surface area contributed by atoms with Crippen molar-refractivity contribution in [1.82, 2.24) is 19.7 Å². The highest BCUT2D eigenvalue weighted by atomic mass is 35.5. The monoisotopic (exact) mass is 396 g/mol. The second kappa shape index (κ2) is 7.24. The van der Waals surface area contributed by atoms with Crippen LogP contribution in [0.15, 0.2) is 36.7 Å². The van der Waals surface area contributed by atoms with E-state index in [0.29, 0.717) is 23.8 Å². The summed E-state index contributed by atoms with van der Waals surface area (Å²) in [5.41, 5.74) is 3.65. The number of hydrogen-bond acceptors (Lipinski definition) is 5. The molecule has 2 aromatic heterocycles. The van der Waals surface area contributed by atoms with Crippen LogP contribution in [0.5, 0.6) is 0 Å². The summed E-state index contributed by atoms with van der Waals surface area (Å²) < 4.78 is 1.80. The van der Waals surface area contributed by atoms with E-state index in [1.165, 1.54) is 6.33 Å². The Labute approximate surface area is 168 Å². The van der Waals surface area contributed by atoms with Crippen LogP contribution in [-0.4, -0.2) is 38.7 Å². The van der Waals surface area contributed by atoms with Gasteiger partial charge in [-0.25, -0.2) is 14.6 Å². The number of aryl methyl sites for hydroxylation is 3. The fourth-order valence-corrected chi connectivity index (χ4v) is 3.41. The number of nitrogens with zero attached hydrogens (tertiary/aromatic N) is 5. The molecule has 1 aliphatic rings. The van der Waals surface area contributed by atoms with Gasteiger partial charge < -0.3 is 10.2 Å². The van der Waals surface area contributed by atoms with E-state index in [1.54, 1.807) is 10.7 Å². The molecule has 0 aliphatic carbocycles. The number of anilines is 2. The van der Waals surface area contributed by atoms with E-state index < -0.39 is 0 Å². The topological polar surface area (TPSA) is 75.9 Å². The number of halogens is 1. The third kappa shape index (κ3) is 3.57. The van der Waals surface area contributed by atoms with Gasteiger partial charge in [0.1, 0.15) is 12.1 Å². The van der Waals surface area contributed by atoms with Crippen molar-refractivity contribution in [3.05, 3.63) is 58.6 Å². The number of carbonyl (C=O) groups excluding carboxylic acids is 1. The molecule has 0 spiro atoms. The van der Waals surface area contributed by atoms with Gasteiger partial charge in [0.15, 0.2) is 5.82 Å². The summed E-state index contributed by atoms with van der Waals surface area (Å²) in [6.07, 6.45) is 1.53. The highest BCUT2D eigenvalue weighted by Crippen LogP contribution is 2.26. The molecule has 8 heteroatoms. The minimum atomic E-state index is -0.0906. The zero-order valence-corrected chi connectivity index (χ0v) is 16.7. The first kappa shape index (κ1) is 18.4. The van der Waals surface area contributed by atoms with Crippen LogP contribution < -0.4 is 10.2 Å². The lowest BCUT2D eigenvalue weighted by atomic mass is 9.99. The van der Waals surface area contributed by atoms with Gasteiger partial charge in [0.05, 0.1) is 11.6 Å². The molecular weight excluding hydrogens is 376 g/mol. The van der Waals surface area contributed by atoms with Crippen molar-refractivity contribution < 1.29 is 4.79 Å². The fourth-order valence-electron chi connectivity index (χ4n) is 3.23. The average molecular weight is 397 g/mol. The lowest BCUT2D eigenvalue weighted by molar-refractivity contribution is -0.120. The Morgan fingerprint density at radius 1 is 1.11 bits per heavy atom. The van der Waals surface area contributed by atoms with Crippen molar-refractivity contribution >= 4 is 29.0 Å². The summed E-state index contributed by atoms with van der Waals surface area (Å²) in [6.45, 7) is 7.09. The predicted octanol–water partition coefficient (Wildman–Crippen LogP) is 3.32. The highest BCUT2D eigenvalue weighted by Gasteiger charge is 2.33. The van der Waals surface area contributed by atoms with E-state index in [4.69, 9.17) is 11.6 Å². The number of benzene rings is 1. The summed E-state index contributed by atoms with van der Waals surface area (Å²) in [5, 5.41) is 8.04. The Hall–Kier alpha value is -2.93. The zero-order chi connectivity index (χ0) is 19.8. The molecule has 7 nitrogen and oxygen atoms in total. The van der Waals surface area contributed by atoms with Gasteiger partial charge in [-0.15, -0.1) is 0 Å². The summed E-state index contributed by atoms with van der Waals surface area (Å²) in [7, 11) is 0. The van der Waals surface area contributed by atoms with Gasteiger partial charge in [0.2, 0.25) is 5.91 Å². The first-order valence-corrected chi connectivity index (χ1v) is 9.46. The van der Waals surface area contributed by atoms with Crippen LogP contribution in [0.3, 0.4) is 0 Å². The van der Waals surface area contributed by atoms with Gasteiger partial charge in [-0.2, -0.15) is 5.10 Å². The Kier molecular flexibility index (Phi) is 4.77. The van der Waals surface area contributed by atoms with Crippen molar-refractivity contribution in [2.45, 2.75) is 20.8 Å². The van der Waals surface area contributed by atoms with Crippen LogP contribution in [0.25, 0.3) is 5.82 Å². The van der Waals surface area contributed by atoms with E-state index in [0.717, 1.165) is 28.6 Å². The molecule has 0 saturated carbocycles. The molecule has 1 amide bonds.